The maximum Gasteiger partial charge on any atom is 4.00 e. The molecule has 0 saturated carbocycles. The van der Waals surface area contributed by atoms with Gasteiger partial charge in [0.2, 0.25) is 0 Å². The van der Waals surface area contributed by atoms with Crippen LogP contribution in [0.1, 0.15) is 44.4 Å². The second-order valence-corrected chi connectivity index (χ2v) is 19.7. The smallest absolute Gasteiger partial charge is 0.358 e. The number of benzene rings is 4. The van der Waals surface area contributed by atoms with E-state index in [1.807, 2.05) is 6.07 Å². The monoisotopic (exact) mass is 662 g/mol. The van der Waals surface area contributed by atoms with Crippen LogP contribution in [0.2, 0.25) is 24.2 Å². The zero-order valence-electron chi connectivity index (χ0n) is 26.9. The van der Waals surface area contributed by atoms with Crippen LogP contribution >= 0.6 is 0 Å². The molecule has 0 nitrogen and oxygen atoms in total. The molecule has 0 saturated heterocycles. The van der Waals surface area contributed by atoms with Gasteiger partial charge in [0.25, 0.3) is 0 Å². The SMILES string of the molecule is CC[Si](CC)[Si](CC)CC.Cc1cc2ccccc2[cH-]1.[CH3-].[CH3-].[Zr+4].[c-]1ccc(-c2ccccc2)c2c1Cc1ccccc1-2. The summed E-state index contributed by atoms with van der Waals surface area (Å²) in [5.74, 6) is 0. The third-order valence-corrected chi connectivity index (χ3v) is 19.4. The van der Waals surface area contributed by atoms with Crippen molar-refractivity contribution in [3.8, 4) is 22.3 Å². The van der Waals surface area contributed by atoms with Crippen molar-refractivity contribution in [2.45, 2.75) is 65.2 Å². The van der Waals surface area contributed by atoms with Crippen molar-refractivity contribution in [2.75, 3.05) is 0 Å². The Kier molecular flexibility index (Phi) is 17.3. The van der Waals surface area contributed by atoms with Gasteiger partial charge >= 0.3 is 26.2 Å². The predicted octanol–water partition coefficient (Wildman–Crippen LogP) is 11.6. The molecule has 5 aromatic carbocycles. The van der Waals surface area contributed by atoms with E-state index >= 15 is 0 Å². The van der Waals surface area contributed by atoms with Gasteiger partial charge in [0.15, 0.2) is 0 Å². The molecule has 1 aliphatic carbocycles. The second kappa shape index (κ2) is 19.2. The molecule has 0 aromatic heterocycles. The van der Waals surface area contributed by atoms with E-state index in [4.69, 9.17) is 0 Å². The quantitative estimate of drug-likeness (QED) is 0.123. The first-order valence-corrected chi connectivity index (χ1v) is 19.4. The molecule has 0 amide bonds. The van der Waals surface area contributed by atoms with E-state index in [-0.39, 0.29) is 57.7 Å². The first kappa shape index (κ1) is 37.8. The van der Waals surface area contributed by atoms with Crippen molar-refractivity contribution in [1.29, 1.82) is 0 Å². The van der Waals surface area contributed by atoms with Gasteiger partial charge in [-0.15, -0.1) is 57.3 Å². The number of hydrogen-bond acceptors (Lipinski definition) is 0. The van der Waals surface area contributed by atoms with Crippen molar-refractivity contribution in [3.63, 3.8) is 0 Å². The molecule has 0 fully saturated rings. The van der Waals surface area contributed by atoms with Crippen LogP contribution in [-0.2, 0) is 32.6 Å². The van der Waals surface area contributed by atoms with E-state index in [1.54, 1.807) is 0 Å². The first-order valence-electron chi connectivity index (χ1n) is 14.6. The minimum Gasteiger partial charge on any atom is -0.358 e. The molecule has 2 radical (unpaired) electrons. The van der Waals surface area contributed by atoms with Crippen LogP contribution in [0.4, 0.5) is 0 Å². The summed E-state index contributed by atoms with van der Waals surface area (Å²) in [6.45, 7) is 11.7. The molecule has 3 heteroatoms. The maximum atomic E-state index is 3.41. The van der Waals surface area contributed by atoms with Gasteiger partial charge in [0.1, 0.15) is 0 Å². The molecule has 5 aromatic rings. The van der Waals surface area contributed by atoms with Gasteiger partial charge < -0.3 is 14.9 Å². The molecule has 1 aliphatic rings. The molecule has 0 aliphatic heterocycles. The number of aryl methyl sites for hydroxylation is 1. The van der Waals surface area contributed by atoms with Crippen molar-refractivity contribution in [2.24, 2.45) is 0 Å². The van der Waals surface area contributed by atoms with Crippen LogP contribution in [0.15, 0.2) is 103 Å². The molecule has 42 heavy (non-hydrogen) atoms. The average molecular weight is 664 g/mol. The van der Waals surface area contributed by atoms with Crippen LogP contribution in [0, 0.1) is 27.8 Å². The Labute approximate surface area is 280 Å². The van der Waals surface area contributed by atoms with E-state index in [0.717, 1.165) is 6.42 Å². The fourth-order valence-electron chi connectivity index (χ4n) is 5.76. The van der Waals surface area contributed by atoms with Gasteiger partial charge in [0, 0.05) is 16.6 Å². The predicted molar refractivity (Wildman–Crippen MR) is 189 cm³/mol. The molecule has 216 valence electrons. The van der Waals surface area contributed by atoms with Gasteiger partial charge in [-0.05, 0) is 12.0 Å². The molecule has 0 unspecified atom stereocenters. The molecule has 0 spiro atoms. The molecule has 0 bridgehead atoms. The van der Waals surface area contributed by atoms with Crippen molar-refractivity contribution in [1.82, 2.24) is 0 Å². The summed E-state index contributed by atoms with van der Waals surface area (Å²) in [6.07, 6.45) is 1.01. The Morgan fingerprint density at radius 3 is 1.88 bits per heavy atom. The topological polar surface area (TPSA) is 0 Å². The zero-order valence-corrected chi connectivity index (χ0v) is 31.3. The van der Waals surface area contributed by atoms with Crippen LogP contribution in [0.3, 0.4) is 0 Å². The normalized spacial score (nSPS) is 10.6. The maximum absolute atomic E-state index is 3.41. The molecule has 6 rings (SSSR count). The van der Waals surface area contributed by atoms with Crippen molar-refractivity contribution in [3.05, 3.63) is 141 Å². The Morgan fingerprint density at radius 1 is 0.690 bits per heavy atom. The summed E-state index contributed by atoms with van der Waals surface area (Å²) in [5.41, 5.74) is 9.42. The molecule has 0 heterocycles. The van der Waals surface area contributed by atoms with E-state index in [1.165, 1.54) is 73.9 Å². The van der Waals surface area contributed by atoms with E-state index in [0.29, 0.717) is 0 Å². The van der Waals surface area contributed by atoms with Gasteiger partial charge in [-0.2, -0.15) is 24.3 Å². The van der Waals surface area contributed by atoms with Gasteiger partial charge in [-0.3, -0.25) is 0 Å². The largest absolute Gasteiger partial charge is 4.00 e. The molecular formula is C39H48Si2Zr. The fourth-order valence-corrected chi connectivity index (χ4v) is 14.8. The van der Waals surface area contributed by atoms with Crippen LogP contribution in [0.5, 0.6) is 0 Å². The van der Waals surface area contributed by atoms with Crippen LogP contribution < -0.4 is 0 Å². The second-order valence-electron chi connectivity index (χ2n) is 10.2. The fraction of sp³-hybridized carbons (Fsp3) is 0.256. The summed E-state index contributed by atoms with van der Waals surface area (Å²) in [7, 11) is 0.277. The van der Waals surface area contributed by atoms with Gasteiger partial charge in [-0.25, -0.2) is 0 Å². The van der Waals surface area contributed by atoms with Gasteiger partial charge in [0.05, 0.1) is 0 Å². The summed E-state index contributed by atoms with van der Waals surface area (Å²) in [4.78, 5) is 0. The Balaban J connectivity index is 0.000000332. The Hall–Kier alpha value is -2.19. The summed E-state index contributed by atoms with van der Waals surface area (Å²) in [5, 5.41) is 2.69. The molecular weight excluding hydrogens is 616 g/mol. The minimum absolute atomic E-state index is 0. The summed E-state index contributed by atoms with van der Waals surface area (Å²) >= 11 is 0. The number of rotatable bonds is 6. The average Bonchev–Trinajstić information content (AvgIpc) is 3.56. The minimum atomic E-state index is 0. The number of fused-ring (bicyclic) bond motifs is 4. The van der Waals surface area contributed by atoms with E-state index < -0.39 is 0 Å². The first-order chi connectivity index (χ1) is 19.1. The summed E-state index contributed by atoms with van der Waals surface area (Å²) < 4.78 is 0. The summed E-state index contributed by atoms with van der Waals surface area (Å²) in [6, 6.07) is 45.8. The van der Waals surface area contributed by atoms with Crippen molar-refractivity contribution < 1.29 is 26.2 Å². The third-order valence-electron chi connectivity index (χ3n) is 7.79. The van der Waals surface area contributed by atoms with Gasteiger partial charge in [-0.1, -0.05) is 131 Å². The third kappa shape index (κ3) is 9.40. The van der Waals surface area contributed by atoms with Crippen molar-refractivity contribution >= 4 is 27.4 Å². The Morgan fingerprint density at radius 2 is 1.26 bits per heavy atom. The zero-order chi connectivity index (χ0) is 27.6. The van der Waals surface area contributed by atoms with E-state index in [2.05, 4.69) is 138 Å². The standard InChI is InChI=1S/C19H13.C10H9.C8H20Si2.2CH3.Zr/c1-2-7-14(8-3-1)17-12-6-10-16-13-15-9-4-5-11-18(15)19(16)17;1-8-6-9-4-2-3-5-10(9)7-8;1-5-9(6-2)10(7-3)8-4;;;/h1-9,11-12H,13H2;2-7H,1H3;5-8H2,1-4H3;2*1H3;/q2*-1;;2*-1;+4. The van der Waals surface area contributed by atoms with Crippen LogP contribution in [-0.4, -0.2) is 16.6 Å². The number of hydrogen-bond donors (Lipinski definition) is 0. The molecule has 0 N–H and O–H groups in total. The molecule has 0 atom stereocenters. The Bertz CT molecular complexity index is 1400. The van der Waals surface area contributed by atoms with E-state index in [9.17, 15) is 0 Å². The van der Waals surface area contributed by atoms with Crippen LogP contribution in [0.25, 0.3) is 33.0 Å².